The maximum absolute atomic E-state index is 12.7. The number of carbonyl (C=O) groups excluding carboxylic acids is 1. The molecule has 0 unspecified atom stereocenters. The average molecular weight is 415 g/mol. The molecular formula is C25H22N2O2S. The van der Waals surface area contributed by atoms with Gasteiger partial charge in [0.2, 0.25) is 0 Å². The summed E-state index contributed by atoms with van der Waals surface area (Å²) in [5.74, 6) is 0.680. The van der Waals surface area contributed by atoms with Crippen molar-refractivity contribution < 1.29 is 4.79 Å². The third-order valence-electron chi connectivity index (χ3n) is 5.17. The van der Waals surface area contributed by atoms with Crippen molar-refractivity contribution in [2.75, 3.05) is 0 Å². The SMILES string of the molecule is Cc1ccc(C(=O)c2ccc(CSc3nc4cccc(C)c4c(=O)n3C)cc2)cc1. The second kappa shape index (κ2) is 8.28. The third kappa shape index (κ3) is 3.94. The maximum atomic E-state index is 12.7. The minimum atomic E-state index is -0.0281. The lowest BCUT2D eigenvalue weighted by atomic mass is 10.0. The smallest absolute Gasteiger partial charge is 0.262 e. The molecule has 4 nitrogen and oxygen atoms in total. The first-order valence-electron chi connectivity index (χ1n) is 9.73. The second-order valence-corrected chi connectivity index (χ2v) is 8.35. The van der Waals surface area contributed by atoms with Crippen molar-refractivity contribution in [3.63, 3.8) is 0 Å². The number of aromatic nitrogens is 2. The van der Waals surface area contributed by atoms with Crippen LogP contribution in [0.2, 0.25) is 0 Å². The normalized spacial score (nSPS) is 11.0. The summed E-state index contributed by atoms with van der Waals surface area (Å²) in [6, 6.07) is 20.9. The Morgan fingerprint density at radius 3 is 2.23 bits per heavy atom. The number of hydrogen-bond donors (Lipinski definition) is 0. The van der Waals surface area contributed by atoms with Crippen molar-refractivity contribution in [2.24, 2.45) is 7.05 Å². The fourth-order valence-electron chi connectivity index (χ4n) is 3.36. The number of aryl methyl sites for hydroxylation is 2. The molecule has 0 saturated heterocycles. The minimum absolute atomic E-state index is 0.0168. The van der Waals surface area contributed by atoms with E-state index in [9.17, 15) is 9.59 Å². The number of benzene rings is 3. The van der Waals surface area contributed by atoms with E-state index in [0.29, 0.717) is 27.4 Å². The van der Waals surface area contributed by atoms with Gasteiger partial charge in [-0.05, 0) is 31.0 Å². The molecule has 0 fully saturated rings. The van der Waals surface area contributed by atoms with Gasteiger partial charge in [-0.15, -0.1) is 0 Å². The fraction of sp³-hybridized carbons (Fsp3) is 0.160. The molecule has 0 N–H and O–H groups in total. The van der Waals surface area contributed by atoms with E-state index in [1.165, 1.54) is 11.8 Å². The Labute approximate surface area is 179 Å². The van der Waals surface area contributed by atoms with E-state index in [1.807, 2.05) is 80.6 Å². The quantitative estimate of drug-likeness (QED) is 0.260. The summed E-state index contributed by atoms with van der Waals surface area (Å²) in [6.45, 7) is 3.93. The molecule has 1 heterocycles. The van der Waals surface area contributed by atoms with Gasteiger partial charge in [-0.1, -0.05) is 78.0 Å². The van der Waals surface area contributed by atoms with Gasteiger partial charge in [-0.3, -0.25) is 14.2 Å². The molecule has 5 heteroatoms. The molecule has 0 spiro atoms. The van der Waals surface area contributed by atoms with Crippen LogP contribution >= 0.6 is 11.8 Å². The highest BCUT2D eigenvalue weighted by Crippen LogP contribution is 2.23. The van der Waals surface area contributed by atoms with Crippen molar-refractivity contribution in [2.45, 2.75) is 24.8 Å². The summed E-state index contributed by atoms with van der Waals surface area (Å²) in [6.07, 6.45) is 0. The van der Waals surface area contributed by atoms with Crippen molar-refractivity contribution >= 4 is 28.4 Å². The Bertz CT molecular complexity index is 1290. The second-order valence-electron chi connectivity index (χ2n) is 7.41. The van der Waals surface area contributed by atoms with Crippen molar-refractivity contribution in [1.29, 1.82) is 0 Å². The Morgan fingerprint density at radius 1 is 0.933 bits per heavy atom. The number of ketones is 1. The predicted octanol–water partition coefficient (Wildman–Crippen LogP) is 5.07. The predicted molar refractivity (Wildman–Crippen MR) is 122 cm³/mol. The van der Waals surface area contributed by atoms with Gasteiger partial charge >= 0.3 is 0 Å². The number of carbonyl (C=O) groups is 1. The number of nitrogens with zero attached hydrogens (tertiary/aromatic N) is 2. The van der Waals surface area contributed by atoms with Crippen LogP contribution in [-0.2, 0) is 12.8 Å². The number of rotatable bonds is 5. The monoisotopic (exact) mass is 414 g/mol. The summed E-state index contributed by atoms with van der Waals surface area (Å²) < 4.78 is 1.61. The molecule has 0 saturated carbocycles. The van der Waals surface area contributed by atoms with Crippen LogP contribution in [0.3, 0.4) is 0 Å². The van der Waals surface area contributed by atoms with Crippen LogP contribution < -0.4 is 5.56 Å². The standard InChI is InChI=1S/C25H22N2O2S/c1-16-7-11-19(12-8-16)23(28)20-13-9-18(10-14-20)15-30-25-26-21-6-4-5-17(2)22(21)24(29)27(25)3/h4-14H,15H2,1-3H3. The zero-order valence-electron chi connectivity index (χ0n) is 17.2. The molecular weight excluding hydrogens is 392 g/mol. The molecule has 30 heavy (non-hydrogen) atoms. The van der Waals surface area contributed by atoms with Gasteiger partial charge in [0.1, 0.15) is 0 Å². The molecule has 4 aromatic rings. The highest BCUT2D eigenvalue weighted by molar-refractivity contribution is 7.98. The topological polar surface area (TPSA) is 52.0 Å². The molecule has 0 radical (unpaired) electrons. The van der Waals surface area contributed by atoms with E-state index in [1.54, 1.807) is 11.6 Å². The molecule has 150 valence electrons. The van der Waals surface area contributed by atoms with E-state index < -0.39 is 0 Å². The molecule has 0 aliphatic heterocycles. The first-order valence-corrected chi connectivity index (χ1v) is 10.7. The fourth-order valence-corrected chi connectivity index (χ4v) is 4.28. The Hall–Kier alpha value is -3.18. The molecule has 0 amide bonds. The van der Waals surface area contributed by atoms with E-state index in [-0.39, 0.29) is 11.3 Å². The highest BCUT2D eigenvalue weighted by Gasteiger charge is 2.12. The van der Waals surface area contributed by atoms with Crippen molar-refractivity contribution in [3.8, 4) is 0 Å². The number of thioether (sulfide) groups is 1. The van der Waals surface area contributed by atoms with Crippen LogP contribution in [-0.4, -0.2) is 15.3 Å². The third-order valence-corrected chi connectivity index (χ3v) is 6.27. The van der Waals surface area contributed by atoms with E-state index in [2.05, 4.69) is 4.98 Å². The van der Waals surface area contributed by atoms with Gasteiger partial charge in [-0.2, -0.15) is 0 Å². The molecule has 4 rings (SSSR count). The number of hydrogen-bond acceptors (Lipinski definition) is 4. The zero-order valence-corrected chi connectivity index (χ0v) is 18.0. The summed E-state index contributed by atoms with van der Waals surface area (Å²) in [5.41, 5.74) is 5.18. The minimum Gasteiger partial charge on any atom is -0.290 e. The van der Waals surface area contributed by atoms with Crippen LogP contribution in [0, 0.1) is 13.8 Å². The van der Waals surface area contributed by atoms with Gasteiger partial charge < -0.3 is 0 Å². The lowest BCUT2D eigenvalue weighted by Gasteiger charge is -2.10. The lowest BCUT2D eigenvalue weighted by Crippen LogP contribution is -2.20. The van der Waals surface area contributed by atoms with Gasteiger partial charge in [0.05, 0.1) is 10.9 Å². The maximum Gasteiger partial charge on any atom is 0.262 e. The van der Waals surface area contributed by atoms with Gasteiger partial charge in [0.25, 0.3) is 5.56 Å². The Kier molecular flexibility index (Phi) is 5.55. The van der Waals surface area contributed by atoms with E-state index >= 15 is 0 Å². The van der Waals surface area contributed by atoms with Crippen LogP contribution in [0.1, 0.15) is 32.6 Å². The van der Waals surface area contributed by atoms with Crippen LogP contribution in [0.15, 0.2) is 76.7 Å². The Balaban J connectivity index is 1.52. The summed E-state index contributed by atoms with van der Waals surface area (Å²) in [7, 11) is 1.76. The van der Waals surface area contributed by atoms with Crippen LogP contribution in [0.4, 0.5) is 0 Å². The molecule has 0 aliphatic rings. The molecule has 0 atom stereocenters. The summed E-state index contributed by atoms with van der Waals surface area (Å²) in [5, 5.41) is 1.35. The molecule has 0 aliphatic carbocycles. The van der Waals surface area contributed by atoms with E-state index in [0.717, 1.165) is 22.2 Å². The summed E-state index contributed by atoms with van der Waals surface area (Å²) in [4.78, 5) is 30.0. The van der Waals surface area contributed by atoms with Gasteiger partial charge in [0.15, 0.2) is 10.9 Å². The zero-order chi connectivity index (χ0) is 21.3. The summed E-state index contributed by atoms with van der Waals surface area (Å²) >= 11 is 1.51. The Morgan fingerprint density at radius 2 is 1.57 bits per heavy atom. The first kappa shape index (κ1) is 20.1. The lowest BCUT2D eigenvalue weighted by molar-refractivity contribution is 0.103. The molecule has 1 aromatic heterocycles. The highest BCUT2D eigenvalue weighted by atomic mass is 32.2. The van der Waals surface area contributed by atoms with E-state index in [4.69, 9.17) is 0 Å². The average Bonchev–Trinajstić information content (AvgIpc) is 2.75. The van der Waals surface area contributed by atoms with Crippen molar-refractivity contribution in [1.82, 2.24) is 9.55 Å². The van der Waals surface area contributed by atoms with Gasteiger partial charge in [-0.25, -0.2) is 4.98 Å². The largest absolute Gasteiger partial charge is 0.290 e. The van der Waals surface area contributed by atoms with Crippen molar-refractivity contribution in [3.05, 3.63) is 105 Å². The first-order chi connectivity index (χ1) is 14.4. The molecule has 3 aromatic carbocycles. The van der Waals surface area contributed by atoms with Crippen LogP contribution in [0.5, 0.6) is 0 Å². The van der Waals surface area contributed by atoms with Crippen LogP contribution in [0.25, 0.3) is 10.9 Å². The van der Waals surface area contributed by atoms with Gasteiger partial charge in [0, 0.05) is 23.9 Å². The molecule has 0 bridgehead atoms. The number of fused-ring (bicyclic) bond motifs is 1.